The zero-order valence-corrected chi connectivity index (χ0v) is 36.1. The van der Waals surface area contributed by atoms with E-state index in [0.29, 0.717) is 30.5 Å². The van der Waals surface area contributed by atoms with Crippen molar-refractivity contribution in [3.05, 3.63) is 48.0 Å². The number of esters is 1. The molecule has 1 heterocycles. The van der Waals surface area contributed by atoms with Crippen LogP contribution in [0.4, 0.5) is 0 Å². The summed E-state index contributed by atoms with van der Waals surface area (Å²) in [6.45, 7) is 0.322. The molecular formula is C39H58N12O12S. The van der Waals surface area contributed by atoms with Crippen molar-refractivity contribution in [1.29, 1.82) is 0 Å². The van der Waals surface area contributed by atoms with E-state index >= 15 is 0 Å². The number of aliphatic hydroxyl groups excluding tert-OH is 1. The van der Waals surface area contributed by atoms with Crippen LogP contribution in [0.5, 0.6) is 5.75 Å². The maximum atomic E-state index is 13.9. The van der Waals surface area contributed by atoms with Gasteiger partial charge in [0.2, 0.25) is 35.4 Å². The van der Waals surface area contributed by atoms with Crippen molar-refractivity contribution < 1.29 is 58.4 Å². The molecule has 0 saturated heterocycles. The van der Waals surface area contributed by atoms with E-state index in [9.17, 15) is 53.7 Å². The van der Waals surface area contributed by atoms with Crippen molar-refractivity contribution in [2.45, 2.75) is 113 Å². The van der Waals surface area contributed by atoms with Gasteiger partial charge in [0.15, 0.2) is 5.96 Å². The number of benzene rings is 1. The van der Waals surface area contributed by atoms with Gasteiger partial charge < -0.3 is 74.1 Å². The molecule has 1 aliphatic carbocycles. The molecule has 8 atom stereocenters. The molecule has 1 aromatic carbocycles. The molecule has 0 bridgehead atoms. The first-order chi connectivity index (χ1) is 30.4. The SMILES string of the molecule is C[C@H](NC(=O)[C@H](CC(=O)O[C@@H]1CCCC[C@H]1NC(=O)CS)NC(=O)[C@@H](N)Cc1cnc[nH]1)C(=O)N[C@@H](CCCN=C(N)N)C(=O)N[C@@H](Cc1ccc(O)cc1)C(=O)N[C@@H](CO)C(=O)O. The van der Waals surface area contributed by atoms with Gasteiger partial charge in [-0.25, -0.2) is 9.78 Å². The maximum Gasteiger partial charge on any atom is 0.328 e. The van der Waals surface area contributed by atoms with Gasteiger partial charge in [-0.05, 0) is 56.7 Å². The number of aliphatic hydroxyl groups is 1. The number of nitrogens with zero attached hydrogens (tertiary/aromatic N) is 2. The molecule has 1 fully saturated rings. The predicted octanol–water partition coefficient (Wildman–Crippen LogP) is -3.91. The van der Waals surface area contributed by atoms with E-state index in [2.05, 4.69) is 59.5 Å². The molecule has 64 heavy (non-hydrogen) atoms. The third kappa shape index (κ3) is 17.7. The number of imidazole rings is 1. The van der Waals surface area contributed by atoms with Crippen molar-refractivity contribution >= 4 is 66.0 Å². The zero-order chi connectivity index (χ0) is 47.3. The number of aliphatic carboxylic acids is 1. The fraction of sp³-hybridized carbons (Fsp3) is 0.538. The molecule has 2 aromatic rings. The van der Waals surface area contributed by atoms with E-state index in [1.54, 1.807) is 0 Å². The van der Waals surface area contributed by atoms with Crippen molar-refractivity contribution in [2.24, 2.45) is 22.2 Å². The second-order valence-electron chi connectivity index (χ2n) is 15.1. The summed E-state index contributed by atoms with van der Waals surface area (Å²) >= 11 is 3.99. The monoisotopic (exact) mass is 918 g/mol. The Morgan fingerprint density at radius 2 is 1.50 bits per heavy atom. The number of carbonyl (C=O) groups excluding carboxylic acids is 7. The van der Waals surface area contributed by atoms with Crippen LogP contribution >= 0.6 is 12.6 Å². The molecule has 16 N–H and O–H groups in total. The minimum Gasteiger partial charge on any atom is -0.508 e. The van der Waals surface area contributed by atoms with Gasteiger partial charge in [0, 0.05) is 31.3 Å². The van der Waals surface area contributed by atoms with Gasteiger partial charge in [-0.15, -0.1) is 0 Å². The number of guanidine groups is 1. The number of aromatic nitrogens is 2. The lowest BCUT2D eigenvalue weighted by Gasteiger charge is -2.32. The smallest absolute Gasteiger partial charge is 0.328 e. The fourth-order valence-electron chi connectivity index (χ4n) is 6.51. The third-order valence-corrected chi connectivity index (χ3v) is 10.2. The summed E-state index contributed by atoms with van der Waals surface area (Å²) in [5.74, 6) is -7.87. The second-order valence-corrected chi connectivity index (χ2v) is 15.4. The summed E-state index contributed by atoms with van der Waals surface area (Å²) in [5, 5.41) is 43.5. The fourth-order valence-corrected chi connectivity index (χ4v) is 6.60. The molecular weight excluding hydrogens is 861 g/mol. The van der Waals surface area contributed by atoms with Crippen LogP contribution in [0, 0.1) is 0 Å². The van der Waals surface area contributed by atoms with Crippen LogP contribution < -0.4 is 49.1 Å². The molecule has 1 saturated carbocycles. The highest BCUT2D eigenvalue weighted by molar-refractivity contribution is 7.81. The second kappa shape index (κ2) is 26.2. The standard InChI is InChI=1S/C39H58N12O12S/c1-20(46-36(59)28(49-34(57)24(40)14-22-16-43-19-45-22)15-32(55)63-30-7-3-2-5-25(30)47-31(54)18-64)33(56)48-26(6-4-12-44-39(41)42)35(58)50-27(13-21-8-10-23(53)11-9-21)37(60)51-29(17-52)38(61)62/h8-11,16,19-20,24-30,52-53,64H,2-7,12-15,17-18,40H2,1H3,(H,43,45)(H,46,59)(H,47,54)(H,48,56)(H,49,57)(H,50,58)(H,51,60)(H,61,62)(H4,41,42,44)/t20-,24-,25+,26-,27-,28-,29-,30+/m0/s1. The van der Waals surface area contributed by atoms with E-state index in [-0.39, 0.29) is 55.6 Å². The van der Waals surface area contributed by atoms with Gasteiger partial charge in [0.05, 0.1) is 37.2 Å². The van der Waals surface area contributed by atoms with Crippen molar-refractivity contribution in [1.82, 2.24) is 41.9 Å². The first-order valence-corrected chi connectivity index (χ1v) is 21.0. The number of carboxylic acid groups (broad SMARTS) is 1. The van der Waals surface area contributed by atoms with Crippen LogP contribution in [0.3, 0.4) is 0 Å². The quantitative estimate of drug-likeness (QED) is 0.0149. The normalized spacial score (nSPS) is 17.4. The van der Waals surface area contributed by atoms with Gasteiger partial charge in [-0.1, -0.05) is 18.6 Å². The number of aromatic hydroxyl groups is 1. The molecule has 0 spiro atoms. The number of aliphatic imine (C=N–C) groups is 1. The van der Waals surface area contributed by atoms with Gasteiger partial charge in [0.1, 0.15) is 42.1 Å². The van der Waals surface area contributed by atoms with Crippen molar-refractivity contribution in [3.63, 3.8) is 0 Å². The molecule has 6 amide bonds. The topological polar surface area (TPSA) is 398 Å². The largest absolute Gasteiger partial charge is 0.508 e. The Hall–Kier alpha value is -6.47. The lowest BCUT2D eigenvalue weighted by molar-refractivity contribution is -0.154. The zero-order valence-electron chi connectivity index (χ0n) is 35.2. The number of carboxylic acids is 1. The molecule has 1 aromatic heterocycles. The lowest BCUT2D eigenvalue weighted by Crippen LogP contribution is -2.59. The number of rotatable bonds is 25. The minimum absolute atomic E-state index is 0.0102. The van der Waals surface area contributed by atoms with Crippen LogP contribution in [-0.4, -0.2) is 146 Å². The molecule has 0 aliphatic heterocycles. The van der Waals surface area contributed by atoms with E-state index < -0.39 is 103 Å². The van der Waals surface area contributed by atoms with Gasteiger partial charge in [0.25, 0.3) is 0 Å². The number of phenols is 1. The van der Waals surface area contributed by atoms with Crippen molar-refractivity contribution in [3.8, 4) is 5.75 Å². The summed E-state index contributed by atoms with van der Waals surface area (Å²) in [7, 11) is 0. The Labute approximate surface area is 373 Å². The summed E-state index contributed by atoms with van der Waals surface area (Å²) in [6.07, 6.45) is 3.60. The molecule has 0 unspecified atom stereocenters. The average Bonchev–Trinajstić information content (AvgIpc) is 3.77. The Balaban J connectivity index is 1.82. The van der Waals surface area contributed by atoms with E-state index in [4.69, 9.17) is 21.9 Å². The summed E-state index contributed by atoms with van der Waals surface area (Å²) in [4.78, 5) is 116. The molecule has 3 rings (SSSR count). The highest BCUT2D eigenvalue weighted by Crippen LogP contribution is 2.22. The number of hydrogen-bond acceptors (Lipinski definition) is 15. The first kappa shape index (κ1) is 51.9. The maximum absolute atomic E-state index is 13.9. The Morgan fingerprint density at radius 1 is 0.875 bits per heavy atom. The number of hydrogen-bond donors (Lipinski definition) is 14. The van der Waals surface area contributed by atoms with Gasteiger partial charge in [-0.3, -0.25) is 38.6 Å². The number of carbonyl (C=O) groups is 8. The summed E-state index contributed by atoms with van der Waals surface area (Å²) in [6, 6.07) is -3.78. The number of ether oxygens (including phenoxy) is 1. The average molecular weight is 919 g/mol. The number of nitrogens with two attached hydrogens (primary N) is 3. The number of aromatic amines is 1. The summed E-state index contributed by atoms with van der Waals surface area (Å²) < 4.78 is 5.70. The molecule has 24 nitrogen and oxygen atoms in total. The highest BCUT2D eigenvalue weighted by atomic mass is 32.1. The number of amides is 6. The van der Waals surface area contributed by atoms with Crippen LogP contribution in [0.15, 0.2) is 41.8 Å². The molecule has 352 valence electrons. The van der Waals surface area contributed by atoms with E-state index in [0.717, 1.165) is 6.42 Å². The number of nitrogens with one attached hydrogen (secondary N) is 7. The van der Waals surface area contributed by atoms with Gasteiger partial charge >= 0.3 is 11.9 Å². The molecule has 0 radical (unpaired) electrons. The first-order valence-electron chi connectivity index (χ1n) is 20.4. The number of phenolic OH excluding ortho intramolecular Hbond substituents is 1. The van der Waals surface area contributed by atoms with Crippen molar-refractivity contribution in [2.75, 3.05) is 18.9 Å². The Morgan fingerprint density at radius 3 is 2.12 bits per heavy atom. The Kier molecular flexibility index (Phi) is 21.3. The molecule has 25 heteroatoms. The Bertz CT molecular complexity index is 1930. The summed E-state index contributed by atoms with van der Waals surface area (Å²) in [5.41, 5.74) is 17.9. The van der Waals surface area contributed by atoms with E-state index in [1.807, 2.05) is 0 Å². The van der Waals surface area contributed by atoms with Crippen LogP contribution in [-0.2, 0) is 55.9 Å². The minimum atomic E-state index is -1.72. The van der Waals surface area contributed by atoms with Crippen LogP contribution in [0.25, 0.3) is 0 Å². The predicted molar refractivity (Wildman–Crippen MR) is 231 cm³/mol. The number of thiol groups is 1. The van der Waals surface area contributed by atoms with Crippen LogP contribution in [0.2, 0.25) is 0 Å². The number of H-pyrrole nitrogens is 1. The van der Waals surface area contributed by atoms with Gasteiger partial charge in [-0.2, -0.15) is 12.6 Å². The third-order valence-electron chi connectivity index (χ3n) is 9.95. The lowest BCUT2D eigenvalue weighted by atomic mass is 9.92. The highest BCUT2D eigenvalue weighted by Gasteiger charge is 2.35. The molecule has 1 aliphatic rings. The van der Waals surface area contributed by atoms with E-state index in [1.165, 1.54) is 43.7 Å². The van der Waals surface area contributed by atoms with Crippen LogP contribution in [0.1, 0.15) is 63.1 Å².